The van der Waals surface area contributed by atoms with Crippen molar-refractivity contribution in [2.24, 2.45) is 11.8 Å². The number of benzene rings is 2. The van der Waals surface area contributed by atoms with Gasteiger partial charge < -0.3 is 4.90 Å². The van der Waals surface area contributed by atoms with E-state index >= 15 is 0 Å². The summed E-state index contributed by atoms with van der Waals surface area (Å²) in [5, 5.41) is 0.638. The van der Waals surface area contributed by atoms with E-state index in [1.54, 1.807) is 13.0 Å². The van der Waals surface area contributed by atoms with Gasteiger partial charge in [0.1, 0.15) is 11.6 Å². The van der Waals surface area contributed by atoms with Gasteiger partial charge in [-0.3, -0.25) is 9.36 Å². The molecule has 1 saturated heterocycles. The van der Waals surface area contributed by atoms with Gasteiger partial charge in [-0.25, -0.2) is 9.37 Å². The van der Waals surface area contributed by atoms with Crippen LogP contribution in [0.2, 0.25) is 0 Å². The number of aromatic nitrogens is 2. The van der Waals surface area contributed by atoms with E-state index in [1.807, 2.05) is 28.8 Å². The van der Waals surface area contributed by atoms with Gasteiger partial charge in [0.2, 0.25) is 0 Å². The summed E-state index contributed by atoms with van der Waals surface area (Å²) in [6.07, 6.45) is 3.10. The zero-order chi connectivity index (χ0) is 23.7. The van der Waals surface area contributed by atoms with Crippen LogP contribution in [0.25, 0.3) is 22.0 Å². The first-order chi connectivity index (χ1) is 15.7. The van der Waals surface area contributed by atoms with Gasteiger partial charge in [-0.05, 0) is 92.9 Å². The average Bonchev–Trinajstić information content (AvgIpc) is 2.78. The van der Waals surface area contributed by atoms with Gasteiger partial charge in [-0.2, -0.15) is 0 Å². The number of rotatable bonds is 6. The number of nitrogens with zero attached hydrogens (tertiary/aromatic N) is 3. The van der Waals surface area contributed by atoms with Crippen LogP contribution in [-0.4, -0.2) is 33.6 Å². The Hall–Kier alpha value is -2.53. The Kier molecular flexibility index (Phi) is 6.99. The van der Waals surface area contributed by atoms with E-state index in [9.17, 15) is 9.18 Å². The summed E-state index contributed by atoms with van der Waals surface area (Å²) >= 11 is 0. The number of likely N-dealkylation sites (tertiary alicyclic amines) is 1. The molecule has 0 spiro atoms. The monoisotopic (exact) mass is 449 g/mol. The lowest BCUT2D eigenvalue weighted by Gasteiger charge is -2.36. The fourth-order valence-corrected chi connectivity index (χ4v) is 4.95. The van der Waals surface area contributed by atoms with Gasteiger partial charge in [-0.15, -0.1) is 0 Å². The topological polar surface area (TPSA) is 38.1 Å². The fourth-order valence-electron chi connectivity index (χ4n) is 4.95. The molecule has 0 N–H and O–H groups in total. The van der Waals surface area contributed by atoms with E-state index in [0.29, 0.717) is 35.4 Å². The maximum atomic E-state index is 13.8. The van der Waals surface area contributed by atoms with E-state index < -0.39 is 0 Å². The molecule has 2 aromatic carbocycles. The summed E-state index contributed by atoms with van der Waals surface area (Å²) in [4.78, 5) is 21.2. The Labute approximate surface area is 196 Å². The predicted molar refractivity (Wildman–Crippen MR) is 134 cm³/mol. The lowest BCUT2D eigenvalue weighted by Crippen LogP contribution is -2.42. The smallest absolute Gasteiger partial charge is 0.261 e. The third-order valence-electron chi connectivity index (χ3n) is 6.84. The zero-order valence-electron chi connectivity index (χ0n) is 20.6. The van der Waals surface area contributed by atoms with Gasteiger partial charge in [0.25, 0.3) is 5.56 Å². The van der Waals surface area contributed by atoms with Gasteiger partial charge in [0, 0.05) is 25.6 Å². The van der Waals surface area contributed by atoms with E-state index in [2.05, 4.69) is 32.6 Å². The number of fused-ring (bicyclic) bond motifs is 1. The molecule has 0 saturated carbocycles. The Morgan fingerprint density at radius 2 is 1.82 bits per heavy atom. The highest BCUT2D eigenvalue weighted by molar-refractivity contribution is 5.84. The van der Waals surface area contributed by atoms with Crippen LogP contribution in [-0.2, 0) is 13.0 Å². The van der Waals surface area contributed by atoms with Crippen LogP contribution in [0.1, 0.15) is 51.9 Å². The second kappa shape index (κ2) is 9.76. The van der Waals surface area contributed by atoms with Crippen LogP contribution < -0.4 is 5.56 Å². The van der Waals surface area contributed by atoms with E-state index in [0.717, 1.165) is 48.4 Å². The van der Waals surface area contributed by atoms with Crippen molar-refractivity contribution in [1.82, 2.24) is 14.5 Å². The molecule has 4 rings (SSSR count). The van der Waals surface area contributed by atoms with Crippen molar-refractivity contribution in [1.29, 1.82) is 0 Å². The van der Waals surface area contributed by atoms with Crippen molar-refractivity contribution in [3.8, 4) is 11.1 Å². The van der Waals surface area contributed by atoms with Crippen molar-refractivity contribution in [3.05, 3.63) is 64.0 Å². The molecule has 1 atom stereocenters. The molecule has 176 valence electrons. The highest BCUT2D eigenvalue weighted by atomic mass is 19.1. The molecule has 2 heterocycles. The van der Waals surface area contributed by atoms with Crippen molar-refractivity contribution in [3.63, 3.8) is 0 Å². The van der Waals surface area contributed by atoms with Crippen LogP contribution in [0.4, 0.5) is 4.39 Å². The standard InChI is InChI=1S/C28H36FN3O/c1-18(2)13-27-30-26-11-9-23(22-8-10-25(29)20(5)14-22)15-24(26)28(33)32(27)17-21-7-6-12-31(16-21)19(3)4/h8-11,14-15,18-19,21H,6-7,12-13,16-17H2,1-5H3/t21-/m0/s1. The quantitative estimate of drug-likeness (QED) is 0.475. The second-order valence-electron chi connectivity index (χ2n) is 10.3. The van der Waals surface area contributed by atoms with Gasteiger partial charge in [0.15, 0.2) is 0 Å². The molecule has 1 aromatic heterocycles. The molecule has 1 fully saturated rings. The molecule has 0 amide bonds. The average molecular weight is 450 g/mol. The molecule has 3 aromatic rings. The van der Waals surface area contributed by atoms with Gasteiger partial charge >= 0.3 is 0 Å². The summed E-state index contributed by atoms with van der Waals surface area (Å²) in [7, 11) is 0. The van der Waals surface area contributed by atoms with Crippen LogP contribution in [0, 0.1) is 24.6 Å². The lowest BCUT2D eigenvalue weighted by molar-refractivity contribution is 0.129. The summed E-state index contributed by atoms with van der Waals surface area (Å²) in [5.41, 5.74) is 3.20. The van der Waals surface area contributed by atoms with E-state index in [4.69, 9.17) is 4.98 Å². The summed E-state index contributed by atoms with van der Waals surface area (Å²) < 4.78 is 15.7. The first-order valence-electron chi connectivity index (χ1n) is 12.3. The Morgan fingerprint density at radius 3 is 2.52 bits per heavy atom. The van der Waals surface area contributed by atoms with Crippen LogP contribution >= 0.6 is 0 Å². The van der Waals surface area contributed by atoms with Crippen LogP contribution in [0.15, 0.2) is 41.2 Å². The molecule has 1 aliphatic heterocycles. The Balaban J connectivity index is 1.76. The Bertz CT molecular complexity index is 1200. The van der Waals surface area contributed by atoms with Crippen molar-refractivity contribution in [2.75, 3.05) is 13.1 Å². The van der Waals surface area contributed by atoms with Crippen molar-refractivity contribution >= 4 is 10.9 Å². The lowest BCUT2D eigenvalue weighted by atomic mass is 9.96. The number of hydrogen-bond acceptors (Lipinski definition) is 3. The molecule has 33 heavy (non-hydrogen) atoms. The molecule has 0 unspecified atom stereocenters. The molecular formula is C28H36FN3O. The van der Waals surface area contributed by atoms with Crippen molar-refractivity contribution < 1.29 is 4.39 Å². The first kappa shape index (κ1) is 23.6. The summed E-state index contributed by atoms with van der Waals surface area (Å²) in [5.74, 6) is 1.53. The SMILES string of the molecule is Cc1cc(-c2ccc3nc(CC(C)C)n(C[C@H]4CCCN(C(C)C)C4)c(=O)c3c2)ccc1F. The number of halogens is 1. The van der Waals surface area contributed by atoms with Crippen LogP contribution in [0.3, 0.4) is 0 Å². The minimum absolute atomic E-state index is 0.0398. The largest absolute Gasteiger partial charge is 0.301 e. The Morgan fingerprint density at radius 1 is 1.09 bits per heavy atom. The highest BCUT2D eigenvalue weighted by Gasteiger charge is 2.24. The van der Waals surface area contributed by atoms with Gasteiger partial charge in [-0.1, -0.05) is 26.0 Å². The maximum absolute atomic E-state index is 13.8. The number of hydrogen-bond donors (Lipinski definition) is 0. The van der Waals surface area contributed by atoms with Crippen LogP contribution in [0.5, 0.6) is 0 Å². The predicted octanol–water partition coefficient (Wildman–Crippen LogP) is 5.83. The third-order valence-corrected chi connectivity index (χ3v) is 6.84. The third kappa shape index (κ3) is 5.19. The maximum Gasteiger partial charge on any atom is 0.261 e. The molecule has 1 aliphatic rings. The highest BCUT2D eigenvalue weighted by Crippen LogP contribution is 2.26. The summed E-state index contributed by atoms with van der Waals surface area (Å²) in [6, 6.07) is 11.4. The first-order valence-corrected chi connectivity index (χ1v) is 12.3. The minimum Gasteiger partial charge on any atom is -0.301 e. The zero-order valence-corrected chi connectivity index (χ0v) is 20.6. The number of aryl methyl sites for hydroxylation is 1. The summed E-state index contributed by atoms with van der Waals surface area (Å²) in [6.45, 7) is 13.5. The molecule has 0 radical (unpaired) electrons. The molecule has 5 heteroatoms. The molecule has 0 aliphatic carbocycles. The fraction of sp³-hybridized carbons (Fsp3) is 0.500. The molecule has 0 bridgehead atoms. The van der Waals surface area contributed by atoms with Crippen molar-refractivity contribution in [2.45, 2.75) is 66.5 Å². The van der Waals surface area contributed by atoms with Gasteiger partial charge in [0.05, 0.1) is 10.9 Å². The number of piperidine rings is 1. The molecule has 4 nitrogen and oxygen atoms in total. The normalized spacial score (nSPS) is 17.4. The van der Waals surface area contributed by atoms with E-state index in [1.165, 1.54) is 12.5 Å². The minimum atomic E-state index is -0.218. The molecular weight excluding hydrogens is 413 g/mol. The second-order valence-corrected chi connectivity index (χ2v) is 10.3. The van der Waals surface area contributed by atoms with E-state index in [-0.39, 0.29) is 11.4 Å².